The summed E-state index contributed by atoms with van der Waals surface area (Å²) >= 11 is 3.28. The standard InChI is InChI=1S/C28H28BrF3N6O4/c1-14-5-4-6-17-23(16(3)39)36-37(24(14)17)12-22(41)38-18(26(42)35-25-15(2)7-8-20(29)34-25)9-27(10-19(27)38)13-33-21(40)11-28(30,31)32/h4-8,18-19H,9-13H2,1-3H3,(H,33,40)(H,34,35,42)/t18-,19+,27-/m0/s1. The number of pyridine rings is 1. The van der Waals surface area contributed by atoms with Crippen LogP contribution in [0.3, 0.4) is 0 Å². The molecule has 2 N–H and O–H groups in total. The fourth-order valence-electron chi connectivity index (χ4n) is 5.82. The van der Waals surface area contributed by atoms with E-state index in [1.807, 2.05) is 13.0 Å². The van der Waals surface area contributed by atoms with Crippen LogP contribution in [0.5, 0.6) is 0 Å². The molecule has 0 bridgehead atoms. The van der Waals surface area contributed by atoms with E-state index in [9.17, 15) is 32.3 Å². The number of anilines is 1. The van der Waals surface area contributed by atoms with Crippen molar-refractivity contribution in [1.82, 2.24) is 25.0 Å². The van der Waals surface area contributed by atoms with Crippen LogP contribution in [0.2, 0.25) is 0 Å². The molecule has 1 aliphatic carbocycles. The third-order valence-corrected chi connectivity index (χ3v) is 8.34. The number of aryl methyl sites for hydroxylation is 2. The van der Waals surface area contributed by atoms with Crippen molar-refractivity contribution in [1.29, 1.82) is 0 Å². The monoisotopic (exact) mass is 648 g/mol. The Morgan fingerprint density at radius 1 is 1.10 bits per heavy atom. The van der Waals surface area contributed by atoms with Crippen LogP contribution in [0.25, 0.3) is 10.9 Å². The molecule has 1 aromatic carbocycles. The van der Waals surface area contributed by atoms with Gasteiger partial charge in [0.15, 0.2) is 5.78 Å². The summed E-state index contributed by atoms with van der Waals surface area (Å²) in [5.74, 6) is -2.07. The number of ketones is 1. The molecule has 1 aliphatic heterocycles. The summed E-state index contributed by atoms with van der Waals surface area (Å²) in [6.07, 6.45) is -5.70. The van der Waals surface area contributed by atoms with E-state index >= 15 is 0 Å². The van der Waals surface area contributed by atoms with E-state index in [0.717, 1.165) is 5.56 Å². The molecule has 5 rings (SSSR count). The van der Waals surface area contributed by atoms with Gasteiger partial charge in [-0.15, -0.1) is 0 Å². The Hall–Kier alpha value is -3.81. The number of nitrogens with zero attached hydrogens (tertiary/aromatic N) is 4. The fraction of sp³-hybridized carbons (Fsp3) is 0.429. The predicted molar refractivity (Wildman–Crippen MR) is 150 cm³/mol. The van der Waals surface area contributed by atoms with Gasteiger partial charge in [-0.1, -0.05) is 24.3 Å². The number of nitrogens with one attached hydrogen (secondary N) is 2. The minimum Gasteiger partial charge on any atom is -0.355 e. The Morgan fingerprint density at radius 3 is 2.52 bits per heavy atom. The van der Waals surface area contributed by atoms with Crippen molar-refractivity contribution in [3.8, 4) is 0 Å². The van der Waals surface area contributed by atoms with Crippen molar-refractivity contribution in [2.75, 3.05) is 11.9 Å². The highest BCUT2D eigenvalue weighted by Crippen LogP contribution is 2.59. The molecule has 3 heterocycles. The summed E-state index contributed by atoms with van der Waals surface area (Å²) in [7, 11) is 0. The van der Waals surface area contributed by atoms with E-state index in [1.165, 1.54) is 16.5 Å². The first kappa shape index (κ1) is 29.7. The van der Waals surface area contributed by atoms with Gasteiger partial charge in [0.25, 0.3) is 0 Å². The molecule has 3 atom stereocenters. The van der Waals surface area contributed by atoms with E-state index in [1.54, 1.807) is 31.2 Å². The lowest BCUT2D eigenvalue weighted by atomic mass is 9.98. The maximum atomic E-state index is 13.9. The number of rotatable bonds is 8. The van der Waals surface area contributed by atoms with Gasteiger partial charge >= 0.3 is 6.18 Å². The topological polar surface area (TPSA) is 126 Å². The first-order valence-corrected chi connectivity index (χ1v) is 14.0. The second-order valence-electron chi connectivity index (χ2n) is 11.0. The lowest BCUT2D eigenvalue weighted by Crippen LogP contribution is -2.47. The molecule has 10 nitrogen and oxygen atoms in total. The first-order valence-electron chi connectivity index (χ1n) is 13.2. The normalized spacial score (nSPS) is 21.3. The van der Waals surface area contributed by atoms with Gasteiger partial charge in [0.1, 0.15) is 35.1 Å². The molecule has 1 saturated carbocycles. The third-order valence-electron chi connectivity index (χ3n) is 7.90. The van der Waals surface area contributed by atoms with Crippen molar-refractivity contribution >= 4 is 56.2 Å². The Labute approximate surface area is 247 Å². The Morgan fingerprint density at radius 2 is 1.83 bits per heavy atom. The zero-order chi connectivity index (χ0) is 30.6. The number of hydrogen-bond donors (Lipinski definition) is 2. The smallest absolute Gasteiger partial charge is 0.355 e. The molecule has 1 saturated heterocycles. The van der Waals surface area contributed by atoms with E-state index < -0.39 is 47.8 Å². The number of aromatic nitrogens is 3. The Balaban J connectivity index is 1.43. The molecule has 2 fully saturated rings. The quantitative estimate of drug-likeness (QED) is 0.280. The number of halogens is 4. The lowest BCUT2D eigenvalue weighted by Gasteiger charge is -2.27. The van der Waals surface area contributed by atoms with Gasteiger partial charge in [-0.2, -0.15) is 18.3 Å². The van der Waals surface area contributed by atoms with Crippen LogP contribution < -0.4 is 10.6 Å². The van der Waals surface area contributed by atoms with E-state index in [-0.39, 0.29) is 31.0 Å². The summed E-state index contributed by atoms with van der Waals surface area (Å²) in [4.78, 5) is 57.4. The molecule has 222 valence electrons. The Kier molecular flexibility index (Phi) is 7.62. The number of fused-ring (bicyclic) bond motifs is 2. The van der Waals surface area contributed by atoms with Gasteiger partial charge in [0, 0.05) is 30.3 Å². The van der Waals surface area contributed by atoms with Gasteiger partial charge in [-0.25, -0.2) is 4.98 Å². The number of para-hydroxylation sites is 1. The van der Waals surface area contributed by atoms with Gasteiger partial charge in [-0.3, -0.25) is 23.9 Å². The highest BCUT2D eigenvalue weighted by molar-refractivity contribution is 9.10. The summed E-state index contributed by atoms with van der Waals surface area (Å²) in [6, 6.07) is 7.42. The van der Waals surface area contributed by atoms with E-state index in [2.05, 4.69) is 36.6 Å². The van der Waals surface area contributed by atoms with Crippen LogP contribution in [0, 0.1) is 19.3 Å². The zero-order valence-corrected chi connectivity index (χ0v) is 24.6. The molecule has 0 unspecified atom stereocenters. The molecule has 2 aliphatic rings. The molecule has 3 amide bonds. The van der Waals surface area contributed by atoms with Crippen LogP contribution >= 0.6 is 15.9 Å². The fourth-order valence-corrected chi connectivity index (χ4v) is 6.13. The van der Waals surface area contributed by atoms with Gasteiger partial charge in [0.05, 0.1) is 5.52 Å². The highest BCUT2D eigenvalue weighted by Gasteiger charge is 2.67. The minimum atomic E-state index is -4.65. The van der Waals surface area contributed by atoms with Crippen LogP contribution in [-0.2, 0) is 20.9 Å². The molecule has 42 heavy (non-hydrogen) atoms. The highest BCUT2D eigenvalue weighted by atomic mass is 79.9. The molecular formula is C28H28BrF3N6O4. The second-order valence-corrected chi connectivity index (χ2v) is 11.8. The van der Waals surface area contributed by atoms with Crippen LogP contribution in [0.15, 0.2) is 34.9 Å². The SMILES string of the molecule is CC(=O)c1nn(CC(=O)N2[C@H](C(=O)Nc3nc(Br)ccc3C)C[C@@]3(CNC(=O)CC(F)(F)F)C[C@@H]23)c2c(C)cccc12. The van der Waals surface area contributed by atoms with Crippen molar-refractivity contribution in [3.05, 3.63) is 51.8 Å². The number of Topliss-reactive ketones (excluding diaryl/α,β-unsaturated/α-hetero) is 1. The van der Waals surface area contributed by atoms with E-state index in [4.69, 9.17) is 0 Å². The summed E-state index contributed by atoms with van der Waals surface area (Å²) in [6.45, 7) is 4.62. The summed E-state index contributed by atoms with van der Waals surface area (Å²) in [5.41, 5.74) is 1.59. The third kappa shape index (κ3) is 5.76. The largest absolute Gasteiger partial charge is 0.397 e. The lowest BCUT2D eigenvalue weighted by molar-refractivity contribution is -0.153. The number of benzene rings is 1. The number of carbonyl (C=O) groups excluding carboxylic acids is 4. The number of alkyl halides is 3. The van der Waals surface area contributed by atoms with Gasteiger partial charge in [0.2, 0.25) is 17.7 Å². The van der Waals surface area contributed by atoms with Gasteiger partial charge in [-0.05, 0) is 59.8 Å². The Bertz CT molecular complexity index is 1620. The van der Waals surface area contributed by atoms with Crippen molar-refractivity contribution in [2.45, 2.75) is 64.8 Å². The second kappa shape index (κ2) is 10.8. The first-order chi connectivity index (χ1) is 19.7. The minimum absolute atomic E-state index is 0.105. The molecule has 3 aromatic rings. The number of piperidine rings is 1. The number of carbonyl (C=O) groups is 4. The van der Waals surface area contributed by atoms with Crippen molar-refractivity contribution in [2.24, 2.45) is 5.41 Å². The van der Waals surface area contributed by atoms with Crippen molar-refractivity contribution in [3.63, 3.8) is 0 Å². The maximum Gasteiger partial charge on any atom is 0.397 e. The average molecular weight is 649 g/mol. The molecule has 14 heteroatoms. The molecule has 2 aromatic heterocycles. The summed E-state index contributed by atoms with van der Waals surface area (Å²) < 4.78 is 40.1. The summed E-state index contributed by atoms with van der Waals surface area (Å²) in [5, 5.41) is 10.1. The van der Waals surface area contributed by atoms with Crippen LogP contribution in [0.1, 0.15) is 47.8 Å². The van der Waals surface area contributed by atoms with Gasteiger partial charge < -0.3 is 15.5 Å². The number of likely N-dealkylation sites (tertiary alicyclic amines) is 1. The molecular weight excluding hydrogens is 621 g/mol. The van der Waals surface area contributed by atoms with Crippen LogP contribution in [0.4, 0.5) is 19.0 Å². The molecule has 0 radical (unpaired) electrons. The predicted octanol–water partition coefficient (Wildman–Crippen LogP) is 4.08. The van der Waals surface area contributed by atoms with Crippen molar-refractivity contribution < 1.29 is 32.3 Å². The van der Waals surface area contributed by atoms with E-state index in [0.29, 0.717) is 33.3 Å². The number of hydrogen-bond acceptors (Lipinski definition) is 6. The van der Waals surface area contributed by atoms with Crippen LogP contribution in [-0.4, -0.2) is 68.0 Å². The average Bonchev–Trinajstić information content (AvgIpc) is 3.29. The maximum absolute atomic E-state index is 13.9. The zero-order valence-electron chi connectivity index (χ0n) is 23.0. The number of amides is 3. The molecule has 0 spiro atoms.